The molecule has 180 valence electrons. The maximum atomic E-state index is 12.8. The van der Waals surface area contributed by atoms with E-state index < -0.39 is 17.6 Å². The maximum Gasteiger partial charge on any atom is 0.408 e. The topological polar surface area (TPSA) is 78.9 Å². The first-order valence-electron chi connectivity index (χ1n) is 11.8. The van der Waals surface area contributed by atoms with E-state index in [9.17, 15) is 14.7 Å². The van der Waals surface area contributed by atoms with Crippen LogP contribution in [0.1, 0.15) is 35.4 Å². The van der Waals surface area contributed by atoms with Crippen LogP contribution >= 0.6 is 11.6 Å². The van der Waals surface area contributed by atoms with Crippen LogP contribution < -0.4 is 5.32 Å². The molecule has 0 aromatic heterocycles. The number of nitrogens with one attached hydrogen (secondary N) is 1. The number of nitrogens with zero attached hydrogens (tertiary/aromatic N) is 1. The number of carboxylic acids is 1. The lowest BCUT2D eigenvalue weighted by molar-refractivity contribution is -0.147. The normalized spacial score (nSPS) is 16.8. The third-order valence-corrected chi connectivity index (χ3v) is 7.33. The van der Waals surface area contributed by atoms with E-state index in [2.05, 4.69) is 34.5 Å². The molecule has 0 saturated carbocycles. The van der Waals surface area contributed by atoms with Crippen molar-refractivity contribution in [3.8, 4) is 11.1 Å². The summed E-state index contributed by atoms with van der Waals surface area (Å²) >= 11 is 6.08. The average molecular weight is 491 g/mol. The molecule has 1 aliphatic heterocycles. The molecule has 2 aliphatic rings. The zero-order valence-corrected chi connectivity index (χ0v) is 20.0. The summed E-state index contributed by atoms with van der Waals surface area (Å²) in [5.41, 5.74) is 4.25. The minimum Gasteiger partial charge on any atom is -0.480 e. The standard InChI is InChI=1S/C28H27ClN2O4/c29-20-7-5-6-19(16-20)17-31-14-12-28(13-15-31,26(32)33)30-27(34)35-18-25-23-10-3-1-8-21(23)22-9-2-4-11-24(22)25/h1-11,16,25H,12-15,17-18H2,(H,30,34)(H,32,33). The first-order valence-corrected chi connectivity index (χ1v) is 12.2. The molecule has 0 unspecified atom stereocenters. The third kappa shape index (κ3) is 4.77. The SMILES string of the molecule is O=C(NC1(C(=O)O)CCN(Cc2cccc(Cl)c2)CC1)OCC1c2ccccc2-c2ccccc21. The summed E-state index contributed by atoms with van der Waals surface area (Å²) in [6.07, 6.45) is -0.0993. The summed E-state index contributed by atoms with van der Waals surface area (Å²) in [5, 5.41) is 13.3. The van der Waals surface area contributed by atoms with Gasteiger partial charge < -0.3 is 15.2 Å². The second kappa shape index (κ2) is 9.72. The van der Waals surface area contributed by atoms with Crippen LogP contribution in [-0.2, 0) is 16.1 Å². The van der Waals surface area contributed by atoms with Crippen LogP contribution in [-0.4, -0.2) is 47.3 Å². The van der Waals surface area contributed by atoms with Crippen molar-refractivity contribution in [3.63, 3.8) is 0 Å². The Hall–Kier alpha value is -3.35. The number of ether oxygens (including phenoxy) is 1. The number of halogens is 1. The lowest BCUT2D eigenvalue weighted by atomic mass is 9.87. The molecule has 1 fully saturated rings. The van der Waals surface area contributed by atoms with E-state index >= 15 is 0 Å². The monoisotopic (exact) mass is 490 g/mol. The molecular formula is C28H27ClN2O4. The number of aliphatic carboxylic acids is 1. The highest BCUT2D eigenvalue weighted by Gasteiger charge is 2.43. The smallest absolute Gasteiger partial charge is 0.408 e. The molecule has 1 heterocycles. The van der Waals surface area contributed by atoms with Gasteiger partial charge in [-0.2, -0.15) is 0 Å². The number of likely N-dealkylation sites (tertiary alicyclic amines) is 1. The van der Waals surface area contributed by atoms with Gasteiger partial charge in [0.15, 0.2) is 0 Å². The van der Waals surface area contributed by atoms with Gasteiger partial charge in [-0.25, -0.2) is 9.59 Å². The summed E-state index contributed by atoms with van der Waals surface area (Å²) in [6, 6.07) is 23.9. The number of carboxylic acid groups (broad SMARTS) is 1. The van der Waals surface area contributed by atoms with Crippen molar-refractivity contribution in [2.75, 3.05) is 19.7 Å². The first-order chi connectivity index (χ1) is 16.9. The minimum atomic E-state index is -1.34. The number of benzene rings is 3. The second-order valence-electron chi connectivity index (χ2n) is 9.24. The molecule has 0 radical (unpaired) electrons. The zero-order valence-electron chi connectivity index (χ0n) is 19.2. The van der Waals surface area contributed by atoms with Crippen molar-refractivity contribution in [1.82, 2.24) is 10.2 Å². The van der Waals surface area contributed by atoms with Crippen LogP contribution in [0.25, 0.3) is 11.1 Å². The number of rotatable bonds is 6. The van der Waals surface area contributed by atoms with Crippen LogP contribution in [0.4, 0.5) is 4.79 Å². The predicted molar refractivity (Wildman–Crippen MR) is 135 cm³/mol. The van der Waals surface area contributed by atoms with Gasteiger partial charge in [0, 0.05) is 30.6 Å². The first kappa shape index (κ1) is 23.4. The Morgan fingerprint density at radius 3 is 2.20 bits per heavy atom. The maximum absolute atomic E-state index is 12.8. The molecule has 2 N–H and O–H groups in total. The molecule has 5 rings (SSSR count). The summed E-state index contributed by atoms with van der Waals surface area (Å²) < 4.78 is 5.61. The van der Waals surface area contributed by atoms with Gasteiger partial charge in [0.05, 0.1) is 0 Å². The van der Waals surface area contributed by atoms with Gasteiger partial charge in [-0.1, -0.05) is 72.3 Å². The number of carbonyl (C=O) groups is 2. The number of hydrogen-bond acceptors (Lipinski definition) is 4. The molecule has 0 spiro atoms. The fourth-order valence-electron chi connectivity index (χ4n) is 5.21. The number of carbonyl (C=O) groups excluding carboxylic acids is 1. The number of hydrogen-bond donors (Lipinski definition) is 2. The number of alkyl carbamates (subject to hydrolysis) is 1. The van der Waals surface area contributed by atoms with Crippen molar-refractivity contribution < 1.29 is 19.4 Å². The van der Waals surface area contributed by atoms with Gasteiger partial charge in [0.2, 0.25) is 0 Å². The number of fused-ring (bicyclic) bond motifs is 3. The van der Waals surface area contributed by atoms with Gasteiger partial charge in [0.25, 0.3) is 0 Å². The Labute approximate surface area is 209 Å². The highest BCUT2D eigenvalue weighted by atomic mass is 35.5. The molecule has 3 aromatic rings. The van der Waals surface area contributed by atoms with Gasteiger partial charge >= 0.3 is 12.1 Å². The van der Waals surface area contributed by atoms with Gasteiger partial charge in [0.1, 0.15) is 12.1 Å². The molecular weight excluding hydrogens is 464 g/mol. The molecule has 0 atom stereocenters. The van der Waals surface area contributed by atoms with E-state index in [1.54, 1.807) is 0 Å². The largest absolute Gasteiger partial charge is 0.480 e. The van der Waals surface area contributed by atoms with Gasteiger partial charge in [-0.15, -0.1) is 0 Å². The van der Waals surface area contributed by atoms with E-state index in [-0.39, 0.29) is 12.5 Å². The fourth-order valence-corrected chi connectivity index (χ4v) is 5.42. The van der Waals surface area contributed by atoms with Crippen molar-refractivity contribution in [3.05, 3.63) is 94.5 Å². The lowest BCUT2D eigenvalue weighted by Crippen LogP contribution is -2.60. The summed E-state index contributed by atoms with van der Waals surface area (Å²) in [7, 11) is 0. The van der Waals surface area contributed by atoms with E-state index in [4.69, 9.17) is 16.3 Å². The van der Waals surface area contributed by atoms with Gasteiger partial charge in [-0.05, 0) is 52.8 Å². The Balaban J connectivity index is 1.22. The van der Waals surface area contributed by atoms with E-state index in [0.717, 1.165) is 27.8 Å². The quantitative estimate of drug-likeness (QED) is 0.490. The highest BCUT2D eigenvalue weighted by molar-refractivity contribution is 6.30. The average Bonchev–Trinajstić information content (AvgIpc) is 3.18. The third-order valence-electron chi connectivity index (χ3n) is 7.10. The van der Waals surface area contributed by atoms with Crippen LogP contribution in [0.15, 0.2) is 72.8 Å². The highest BCUT2D eigenvalue weighted by Crippen LogP contribution is 2.44. The molecule has 35 heavy (non-hydrogen) atoms. The number of amides is 1. The Bertz CT molecular complexity index is 1210. The molecule has 0 bridgehead atoms. The summed E-state index contributed by atoms with van der Waals surface area (Å²) in [6.45, 7) is 1.92. The van der Waals surface area contributed by atoms with Crippen molar-refractivity contribution >= 4 is 23.7 Å². The molecule has 1 saturated heterocycles. The van der Waals surface area contributed by atoms with Crippen LogP contribution in [0.5, 0.6) is 0 Å². The Morgan fingerprint density at radius 2 is 1.60 bits per heavy atom. The fraction of sp³-hybridized carbons (Fsp3) is 0.286. The van der Waals surface area contributed by atoms with Crippen molar-refractivity contribution in [1.29, 1.82) is 0 Å². The Kier molecular flexibility index (Phi) is 6.50. The second-order valence-corrected chi connectivity index (χ2v) is 9.68. The van der Waals surface area contributed by atoms with E-state index in [1.807, 2.05) is 48.5 Å². The lowest BCUT2D eigenvalue weighted by Gasteiger charge is -2.39. The Morgan fingerprint density at radius 1 is 0.971 bits per heavy atom. The van der Waals surface area contributed by atoms with Crippen LogP contribution in [0.3, 0.4) is 0 Å². The zero-order chi connectivity index (χ0) is 24.4. The van der Waals surface area contributed by atoms with Crippen molar-refractivity contribution in [2.45, 2.75) is 30.8 Å². The van der Waals surface area contributed by atoms with Gasteiger partial charge in [-0.3, -0.25) is 4.90 Å². The molecule has 3 aromatic carbocycles. The predicted octanol–water partition coefficient (Wildman–Crippen LogP) is 5.30. The molecule has 1 amide bonds. The van der Waals surface area contributed by atoms with E-state index in [0.29, 0.717) is 37.5 Å². The molecule has 7 heteroatoms. The number of piperidine rings is 1. The summed E-state index contributed by atoms with van der Waals surface area (Å²) in [4.78, 5) is 27.2. The summed E-state index contributed by atoms with van der Waals surface area (Å²) in [5.74, 6) is -1.11. The molecule has 1 aliphatic carbocycles. The van der Waals surface area contributed by atoms with E-state index in [1.165, 1.54) is 0 Å². The van der Waals surface area contributed by atoms with Crippen molar-refractivity contribution in [2.24, 2.45) is 0 Å². The minimum absolute atomic E-state index is 0.0755. The molecule has 6 nitrogen and oxygen atoms in total. The van der Waals surface area contributed by atoms with Crippen LogP contribution in [0.2, 0.25) is 5.02 Å². The van der Waals surface area contributed by atoms with Crippen LogP contribution in [0, 0.1) is 0 Å².